The molecule has 1 saturated heterocycles. The van der Waals surface area contributed by atoms with Crippen LogP contribution >= 0.6 is 0 Å². The number of rotatable bonds is 5. The molecule has 4 aromatic rings. The maximum Gasteiger partial charge on any atom is 0.254 e. The summed E-state index contributed by atoms with van der Waals surface area (Å²) in [4.78, 5) is 20.2. The molecule has 9 heteroatoms. The number of nitrogens with two attached hydrogens (primary N) is 1. The zero-order chi connectivity index (χ0) is 23.6. The Hall–Kier alpha value is -3.33. The largest absolute Gasteiger partial charge is 0.494 e. The molecular formula is C25H31N7O2. The van der Waals surface area contributed by atoms with Crippen molar-refractivity contribution in [1.29, 1.82) is 0 Å². The van der Waals surface area contributed by atoms with Crippen molar-refractivity contribution in [2.24, 2.45) is 25.7 Å². The van der Waals surface area contributed by atoms with Gasteiger partial charge >= 0.3 is 0 Å². The molecule has 1 amide bonds. The van der Waals surface area contributed by atoms with Crippen LogP contribution in [-0.2, 0) is 20.6 Å². The molecule has 6 rings (SSSR count). The van der Waals surface area contributed by atoms with Gasteiger partial charge in [-0.3, -0.25) is 9.48 Å². The first-order valence-corrected chi connectivity index (χ1v) is 12.1. The van der Waals surface area contributed by atoms with Gasteiger partial charge < -0.3 is 24.5 Å². The van der Waals surface area contributed by atoms with Gasteiger partial charge in [0.25, 0.3) is 5.91 Å². The van der Waals surface area contributed by atoms with Crippen LogP contribution in [0.3, 0.4) is 0 Å². The van der Waals surface area contributed by atoms with Crippen LogP contribution in [0.25, 0.3) is 33.6 Å². The van der Waals surface area contributed by atoms with Crippen LogP contribution in [0.1, 0.15) is 36.0 Å². The van der Waals surface area contributed by atoms with E-state index in [0.29, 0.717) is 23.8 Å². The van der Waals surface area contributed by atoms with Crippen molar-refractivity contribution in [1.82, 2.24) is 28.8 Å². The van der Waals surface area contributed by atoms with Crippen LogP contribution in [0.5, 0.6) is 5.75 Å². The summed E-state index contributed by atoms with van der Waals surface area (Å²) in [6, 6.07) is 5.92. The summed E-state index contributed by atoms with van der Waals surface area (Å²) in [7, 11) is 5.63. The van der Waals surface area contributed by atoms with Gasteiger partial charge in [0.15, 0.2) is 5.82 Å². The van der Waals surface area contributed by atoms with E-state index in [4.69, 9.17) is 15.5 Å². The Bertz CT molecular complexity index is 1410. The lowest BCUT2D eigenvalue weighted by Gasteiger charge is -2.30. The Balaban J connectivity index is 1.47. The van der Waals surface area contributed by atoms with Crippen molar-refractivity contribution in [2.45, 2.75) is 38.3 Å². The normalized spacial score (nSPS) is 18.8. The molecule has 1 aliphatic carbocycles. The van der Waals surface area contributed by atoms with E-state index in [2.05, 4.69) is 20.3 Å². The molecule has 0 spiro atoms. The highest BCUT2D eigenvalue weighted by atomic mass is 16.5. The van der Waals surface area contributed by atoms with Crippen molar-refractivity contribution < 1.29 is 9.53 Å². The topological polar surface area (TPSA) is 96.1 Å². The van der Waals surface area contributed by atoms with E-state index < -0.39 is 0 Å². The number of carbonyl (C=O) groups excluding carboxylic acids is 1. The Morgan fingerprint density at radius 1 is 1.21 bits per heavy atom. The SMILES string of the molecule is COc1cc(C(=O)N2CCCC(N)C2)cc2nc(-c3cc4cnn(C)c4n3CC3CC3)n(C)c12. The number of aromatic nitrogens is 5. The highest BCUT2D eigenvalue weighted by Gasteiger charge is 2.28. The minimum absolute atomic E-state index is 0.0172. The first-order valence-electron chi connectivity index (χ1n) is 12.1. The Morgan fingerprint density at radius 3 is 2.76 bits per heavy atom. The molecule has 0 radical (unpaired) electrons. The molecule has 1 aliphatic heterocycles. The van der Waals surface area contributed by atoms with Crippen LogP contribution in [0.2, 0.25) is 0 Å². The quantitative estimate of drug-likeness (QED) is 0.493. The number of ether oxygens (including phenoxy) is 1. The van der Waals surface area contributed by atoms with Crippen LogP contribution in [-0.4, -0.2) is 60.9 Å². The van der Waals surface area contributed by atoms with E-state index in [1.165, 1.54) is 12.8 Å². The fourth-order valence-corrected chi connectivity index (χ4v) is 5.34. The second-order valence-corrected chi connectivity index (χ2v) is 9.82. The van der Waals surface area contributed by atoms with Crippen molar-refractivity contribution in [3.8, 4) is 17.3 Å². The first-order chi connectivity index (χ1) is 16.4. The predicted octanol–water partition coefficient (Wildman–Crippen LogP) is 2.91. The maximum absolute atomic E-state index is 13.3. The van der Waals surface area contributed by atoms with Gasteiger partial charge in [0, 0.05) is 50.7 Å². The second kappa shape index (κ2) is 7.87. The van der Waals surface area contributed by atoms with E-state index >= 15 is 0 Å². The molecule has 2 N–H and O–H groups in total. The summed E-state index contributed by atoms with van der Waals surface area (Å²) in [5.74, 6) is 2.19. The van der Waals surface area contributed by atoms with Crippen LogP contribution in [0, 0.1) is 5.92 Å². The Labute approximate surface area is 198 Å². The molecule has 2 aliphatic rings. The van der Waals surface area contributed by atoms with Gasteiger partial charge in [-0.05, 0) is 49.8 Å². The molecule has 34 heavy (non-hydrogen) atoms. The zero-order valence-corrected chi connectivity index (χ0v) is 20.0. The Morgan fingerprint density at radius 2 is 2.03 bits per heavy atom. The molecule has 1 saturated carbocycles. The number of aryl methyl sites for hydroxylation is 2. The van der Waals surface area contributed by atoms with Gasteiger partial charge in [-0.2, -0.15) is 5.10 Å². The van der Waals surface area contributed by atoms with Gasteiger partial charge in [-0.15, -0.1) is 0 Å². The standard InChI is InChI=1S/C25H31N7O2/c1-29-22-19(9-16(11-21(22)34-3)25(33)31-8-4-5-18(26)14-31)28-23(29)20-10-17-12-27-30(2)24(17)32(20)13-15-6-7-15/h9-12,15,18H,4-8,13-14,26H2,1-3H3. The second-order valence-electron chi connectivity index (χ2n) is 9.82. The minimum Gasteiger partial charge on any atom is -0.494 e. The van der Waals surface area contributed by atoms with E-state index in [1.54, 1.807) is 7.11 Å². The van der Waals surface area contributed by atoms with Gasteiger partial charge in [0.2, 0.25) is 0 Å². The van der Waals surface area contributed by atoms with Crippen molar-refractivity contribution in [3.63, 3.8) is 0 Å². The smallest absolute Gasteiger partial charge is 0.254 e. The number of likely N-dealkylation sites (tertiary alicyclic amines) is 1. The summed E-state index contributed by atoms with van der Waals surface area (Å²) in [6.45, 7) is 2.27. The molecule has 1 atom stereocenters. The molecule has 178 valence electrons. The summed E-state index contributed by atoms with van der Waals surface area (Å²) in [6.07, 6.45) is 6.32. The maximum atomic E-state index is 13.3. The highest BCUT2D eigenvalue weighted by Crippen LogP contribution is 2.37. The lowest BCUT2D eigenvalue weighted by atomic mass is 10.0. The van der Waals surface area contributed by atoms with Crippen LogP contribution in [0.4, 0.5) is 0 Å². The van der Waals surface area contributed by atoms with Crippen molar-refractivity contribution in [3.05, 3.63) is 30.0 Å². The van der Waals surface area contributed by atoms with E-state index in [9.17, 15) is 4.79 Å². The van der Waals surface area contributed by atoms with Crippen molar-refractivity contribution >= 4 is 28.0 Å². The molecular weight excluding hydrogens is 430 g/mol. The third-order valence-electron chi connectivity index (χ3n) is 7.29. The van der Waals surface area contributed by atoms with Gasteiger partial charge in [0.1, 0.15) is 16.9 Å². The van der Waals surface area contributed by atoms with Gasteiger partial charge in [-0.25, -0.2) is 4.98 Å². The van der Waals surface area contributed by atoms with E-state index in [-0.39, 0.29) is 11.9 Å². The zero-order valence-electron chi connectivity index (χ0n) is 20.0. The van der Waals surface area contributed by atoms with Gasteiger partial charge in [0.05, 0.1) is 24.5 Å². The summed E-state index contributed by atoms with van der Waals surface area (Å²) in [5, 5.41) is 5.56. The average Bonchev–Trinajstić information content (AvgIpc) is 3.36. The molecule has 4 heterocycles. The summed E-state index contributed by atoms with van der Waals surface area (Å²) < 4.78 is 12.1. The molecule has 0 bridgehead atoms. The fourth-order valence-electron chi connectivity index (χ4n) is 5.34. The third-order valence-corrected chi connectivity index (χ3v) is 7.29. The van der Waals surface area contributed by atoms with Crippen LogP contribution < -0.4 is 10.5 Å². The number of nitrogens with zero attached hydrogens (tertiary/aromatic N) is 6. The molecule has 3 aromatic heterocycles. The van der Waals surface area contributed by atoms with Gasteiger partial charge in [-0.1, -0.05) is 0 Å². The van der Waals surface area contributed by atoms with E-state index in [1.807, 2.05) is 42.0 Å². The summed E-state index contributed by atoms with van der Waals surface area (Å²) >= 11 is 0. The molecule has 1 unspecified atom stereocenters. The molecule has 2 fully saturated rings. The van der Waals surface area contributed by atoms with Crippen LogP contribution in [0.15, 0.2) is 24.4 Å². The predicted molar refractivity (Wildman–Crippen MR) is 131 cm³/mol. The third kappa shape index (κ3) is 3.37. The number of fused-ring (bicyclic) bond motifs is 2. The number of benzene rings is 1. The minimum atomic E-state index is -0.0172. The monoisotopic (exact) mass is 461 g/mol. The molecule has 1 aromatic carbocycles. The number of hydrogen-bond acceptors (Lipinski definition) is 5. The highest BCUT2D eigenvalue weighted by molar-refractivity contribution is 6.00. The number of hydrogen-bond donors (Lipinski definition) is 1. The number of piperidine rings is 1. The Kier molecular flexibility index (Phi) is 4.91. The number of methoxy groups -OCH3 is 1. The summed E-state index contributed by atoms with van der Waals surface area (Å²) in [5.41, 5.74) is 10.5. The number of imidazole rings is 1. The fraction of sp³-hybridized carbons (Fsp3) is 0.480. The lowest BCUT2D eigenvalue weighted by molar-refractivity contribution is 0.0708. The number of amides is 1. The number of carbonyl (C=O) groups is 1. The first kappa shape index (κ1) is 21.2. The van der Waals surface area contributed by atoms with Crippen molar-refractivity contribution in [2.75, 3.05) is 20.2 Å². The average molecular weight is 462 g/mol. The lowest BCUT2D eigenvalue weighted by Crippen LogP contribution is -2.45. The van der Waals surface area contributed by atoms with E-state index in [0.717, 1.165) is 59.5 Å². The molecule has 9 nitrogen and oxygen atoms in total.